The predicted molar refractivity (Wildman–Crippen MR) is 130 cm³/mol. The van der Waals surface area contributed by atoms with Crippen LogP contribution in [0.15, 0.2) is 54.6 Å². The van der Waals surface area contributed by atoms with Crippen molar-refractivity contribution in [1.82, 2.24) is 14.7 Å². The van der Waals surface area contributed by atoms with Crippen molar-refractivity contribution in [1.29, 1.82) is 0 Å². The zero-order valence-corrected chi connectivity index (χ0v) is 19.8. The van der Waals surface area contributed by atoms with Crippen LogP contribution in [0, 0.1) is 15.4 Å². The van der Waals surface area contributed by atoms with Crippen molar-refractivity contribution in [2.75, 3.05) is 20.1 Å². The van der Waals surface area contributed by atoms with Gasteiger partial charge in [0, 0.05) is 22.0 Å². The average Bonchev–Trinajstić information content (AvgIpc) is 3.50. The van der Waals surface area contributed by atoms with Crippen molar-refractivity contribution in [2.24, 2.45) is 11.8 Å². The van der Waals surface area contributed by atoms with Gasteiger partial charge in [0.25, 0.3) is 0 Å². The van der Waals surface area contributed by atoms with Gasteiger partial charge in [-0.15, -0.1) is 0 Å². The fourth-order valence-corrected chi connectivity index (χ4v) is 6.05. The summed E-state index contributed by atoms with van der Waals surface area (Å²) >= 11 is 2.34. The summed E-state index contributed by atoms with van der Waals surface area (Å²) in [6.45, 7) is 1.96. The van der Waals surface area contributed by atoms with E-state index in [0.29, 0.717) is 23.5 Å². The minimum Gasteiger partial charge on any atom is -0.306 e. The van der Waals surface area contributed by atoms with Crippen LogP contribution in [0.2, 0.25) is 0 Å². The molecular weight excluding hydrogens is 497 g/mol. The molecule has 1 aliphatic heterocycles. The van der Waals surface area contributed by atoms with Crippen molar-refractivity contribution >= 4 is 28.4 Å². The van der Waals surface area contributed by atoms with E-state index in [2.05, 4.69) is 93.8 Å². The molecule has 0 amide bonds. The van der Waals surface area contributed by atoms with Crippen LogP contribution in [-0.4, -0.2) is 40.6 Å². The second-order valence-corrected chi connectivity index (χ2v) is 10.7. The molecule has 5 heteroatoms. The highest BCUT2D eigenvalue weighted by Crippen LogP contribution is 2.56. The van der Waals surface area contributed by atoms with Crippen LogP contribution in [0.4, 0.5) is 0 Å². The first-order valence-corrected chi connectivity index (χ1v) is 12.3. The van der Waals surface area contributed by atoms with Gasteiger partial charge in [-0.05, 0) is 97.1 Å². The van der Waals surface area contributed by atoms with Crippen LogP contribution in [0.1, 0.15) is 52.0 Å². The van der Waals surface area contributed by atoms with Gasteiger partial charge >= 0.3 is 0 Å². The van der Waals surface area contributed by atoms with Gasteiger partial charge in [0.15, 0.2) is 5.78 Å². The molecule has 4 nitrogen and oxygen atoms in total. The van der Waals surface area contributed by atoms with Crippen LogP contribution in [0.5, 0.6) is 0 Å². The summed E-state index contributed by atoms with van der Waals surface area (Å²) in [5.41, 5.74) is 5.56. The van der Waals surface area contributed by atoms with Gasteiger partial charge in [0.2, 0.25) is 0 Å². The zero-order valence-electron chi connectivity index (χ0n) is 17.7. The first-order valence-electron chi connectivity index (χ1n) is 11.3. The number of aromatic nitrogens is 2. The van der Waals surface area contributed by atoms with Gasteiger partial charge < -0.3 is 4.90 Å². The van der Waals surface area contributed by atoms with Crippen LogP contribution in [0.25, 0.3) is 5.69 Å². The van der Waals surface area contributed by atoms with Gasteiger partial charge in [-0.3, -0.25) is 4.79 Å². The molecular formula is C26H26IN3O. The maximum absolute atomic E-state index is 13.8. The largest absolute Gasteiger partial charge is 0.306 e. The number of nitrogens with zero attached hydrogens (tertiary/aromatic N) is 3. The molecule has 0 bridgehead atoms. The molecule has 2 aliphatic carbocycles. The third kappa shape index (κ3) is 3.37. The van der Waals surface area contributed by atoms with Gasteiger partial charge in [0.1, 0.15) is 0 Å². The van der Waals surface area contributed by atoms with E-state index in [1.54, 1.807) is 0 Å². The molecule has 4 unspecified atom stereocenters. The number of halogens is 1. The lowest BCUT2D eigenvalue weighted by molar-refractivity contribution is 0.0703. The molecule has 4 atom stereocenters. The van der Waals surface area contributed by atoms with Crippen molar-refractivity contribution in [3.05, 3.63) is 80.7 Å². The van der Waals surface area contributed by atoms with Crippen molar-refractivity contribution in [3.63, 3.8) is 0 Å². The smallest absolute Gasteiger partial charge is 0.171 e. The number of piperidine rings is 1. The lowest BCUT2D eigenvalue weighted by Gasteiger charge is -2.38. The monoisotopic (exact) mass is 523 g/mol. The van der Waals surface area contributed by atoms with Crippen molar-refractivity contribution in [2.45, 2.75) is 31.1 Å². The highest BCUT2D eigenvalue weighted by molar-refractivity contribution is 14.1. The number of hydrogen-bond donors (Lipinski definition) is 0. The molecule has 1 aromatic heterocycles. The summed E-state index contributed by atoms with van der Waals surface area (Å²) in [4.78, 5) is 16.1. The Labute approximate surface area is 196 Å². The van der Waals surface area contributed by atoms with Crippen molar-refractivity contribution < 1.29 is 4.79 Å². The van der Waals surface area contributed by atoms with E-state index in [9.17, 15) is 4.79 Å². The Hall–Kier alpha value is -1.99. The molecule has 6 rings (SSSR count). The quantitative estimate of drug-likeness (QED) is 0.451. The minimum absolute atomic E-state index is 0.119. The van der Waals surface area contributed by atoms with E-state index in [1.807, 2.05) is 0 Å². The van der Waals surface area contributed by atoms with Gasteiger partial charge in [0.05, 0.1) is 22.6 Å². The maximum Gasteiger partial charge on any atom is 0.171 e. The molecule has 2 heterocycles. The standard InChI is InChI=1S/C26H26IN3O/c1-29-12-11-17-13-23-24(26(31)22(17)15-29)25(21-14-20(21)16-5-3-2-4-6-16)28-30(23)19-9-7-18(27)8-10-19/h2-10,17,20-22H,11-15H2,1H3. The van der Waals surface area contributed by atoms with Crippen LogP contribution >= 0.6 is 22.6 Å². The molecule has 1 saturated carbocycles. The number of carbonyl (C=O) groups is 1. The third-order valence-corrected chi connectivity index (χ3v) is 8.17. The molecule has 0 N–H and O–H groups in total. The van der Waals surface area contributed by atoms with E-state index in [-0.39, 0.29) is 5.92 Å². The Morgan fingerprint density at radius 1 is 1.00 bits per heavy atom. The van der Waals surface area contributed by atoms with Crippen molar-refractivity contribution in [3.8, 4) is 5.69 Å². The van der Waals surface area contributed by atoms with E-state index < -0.39 is 0 Å². The second kappa shape index (κ2) is 7.55. The fraction of sp³-hybridized carbons (Fsp3) is 0.385. The summed E-state index contributed by atoms with van der Waals surface area (Å²) < 4.78 is 3.30. The number of rotatable bonds is 3. The topological polar surface area (TPSA) is 38.1 Å². The highest BCUT2D eigenvalue weighted by atomic mass is 127. The van der Waals surface area contributed by atoms with E-state index in [0.717, 1.165) is 55.0 Å². The molecule has 1 saturated heterocycles. The number of ketones is 1. The molecule has 31 heavy (non-hydrogen) atoms. The Morgan fingerprint density at radius 3 is 2.55 bits per heavy atom. The van der Waals surface area contributed by atoms with Gasteiger partial charge in [-0.2, -0.15) is 5.10 Å². The average molecular weight is 523 g/mol. The number of fused-ring (bicyclic) bond motifs is 2. The summed E-state index contributed by atoms with van der Waals surface area (Å²) in [5.74, 6) is 1.72. The van der Waals surface area contributed by atoms with Crippen LogP contribution in [0.3, 0.4) is 0 Å². The molecule has 0 spiro atoms. The molecule has 2 aromatic carbocycles. The lowest BCUT2D eigenvalue weighted by Crippen LogP contribution is -2.45. The molecule has 0 radical (unpaired) electrons. The van der Waals surface area contributed by atoms with Crippen LogP contribution in [-0.2, 0) is 6.42 Å². The third-order valence-electron chi connectivity index (χ3n) is 7.45. The number of Topliss-reactive ketones (excluding diaryl/α,β-unsaturated/α-hetero) is 1. The maximum atomic E-state index is 13.8. The summed E-state index contributed by atoms with van der Waals surface area (Å²) in [6.07, 6.45) is 3.14. The van der Waals surface area contributed by atoms with E-state index >= 15 is 0 Å². The summed E-state index contributed by atoms with van der Waals surface area (Å²) in [5, 5.41) is 5.14. The van der Waals surface area contributed by atoms with Gasteiger partial charge in [-0.25, -0.2) is 4.68 Å². The summed E-state index contributed by atoms with van der Waals surface area (Å²) in [7, 11) is 2.14. The zero-order chi connectivity index (χ0) is 21.1. The Kier molecular flexibility index (Phi) is 4.79. The number of benzene rings is 2. The second-order valence-electron chi connectivity index (χ2n) is 9.44. The fourth-order valence-electron chi connectivity index (χ4n) is 5.69. The molecule has 3 aliphatic rings. The lowest BCUT2D eigenvalue weighted by atomic mass is 9.72. The molecule has 158 valence electrons. The Balaban J connectivity index is 1.45. The first kappa shape index (κ1) is 19.7. The SMILES string of the molecule is CN1CCC2Cc3c(c(C4CC4c4ccccc4)nn3-c3ccc(I)cc3)C(=O)C2C1. The van der Waals surface area contributed by atoms with E-state index in [1.165, 1.54) is 9.13 Å². The number of likely N-dealkylation sites (tertiary alicyclic amines) is 1. The van der Waals surface area contributed by atoms with E-state index in [4.69, 9.17) is 5.10 Å². The first-order chi connectivity index (χ1) is 15.1. The van der Waals surface area contributed by atoms with Crippen LogP contribution < -0.4 is 0 Å². The molecule has 3 aromatic rings. The normalized spacial score (nSPS) is 27.6. The number of hydrogen-bond acceptors (Lipinski definition) is 3. The molecule has 2 fully saturated rings. The summed E-state index contributed by atoms with van der Waals surface area (Å²) in [6, 6.07) is 19.2. The number of carbonyl (C=O) groups excluding carboxylic acids is 1. The Morgan fingerprint density at radius 2 is 1.77 bits per heavy atom. The van der Waals surface area contributed by atoms with Gasteiger partial charge in [-0.1, -0.05) is 30.3 Å². The minimum atomic E-state index is 0.119. The predicted octanol–water partition coefficient (Wildman–Crippen LogP) is 5.05. The highest BCUT2D eigenvalue weighted by Gasteiger charge is 2.48. The Bertz CT molecular complexity index is 1140.